The second kappa shape index (κ2) is 8.81. The Morgan fingerprint density at radius 1 is 1.41 bits per heavy atom. The topological polar surface area (TPSA) is 85.8 Å². The third-order valence-corrected chi connectivity index (χ3v) is 5.40. The number of hydrogen-bond donors (Lipinski definition) is 2. The van der Waals surface area contributed by atoms with Crippen molar-refractivity contribution in [3.63, 3.8) is 0 Å². The van der Waals surface area contributed by atoms with Crippen LogP contribution in [0.2, 0.25) is 0 Å². The highest BCUT2D eigenvalue weighted by Crippen LogP contribution is 2.27. The Morgan fingerprint density at radius 3 is 2.81 bits per heavy atom. The molecule has 2 heterocycles. The Bertz CT molecular complexity index is 790. The molecule has 2 N–H and O–H groups in total. The number of likely N-dealkylation sites (N-methyl/N-ethyl adjacent to an activating group) is 1. The Kier molecular flexibility index (Phi) is 6.24. The van der Waals surface area contributed by atoms with Gasteiger partial charge in [0.2, 0.25) is 0 Å². The molecule has 0 spiro atoms. The fourth-order valence-corrected chi connectivity index (χ4v) is 3.83. The summed E-state index contributed by atoms with van der Waals surface area (Å²) in [5.74, 6) is 0.369. The van der Waals surface area contributed by atoms with Crippen molar-refractivity contribution in [2.75, 3.05) is 38.1 Å². The van der Waals surface area contributed by atoms with Gasteiger partial charge in [0.25, 0.3) is 0 Å². The highest BCUT2D eigenvalue weighted by atomic mass is 16.4. The molecule has 1 aliphatic heterocycles. The lowest BCUT2D eigenvalue weighted by Gasteiger charge is -2.38. The summed E-state index contributed by atoms with van der Waals surface area (Å²) in [6.45, 7) is 2.05. The second-order valence-electron chi connectivity index (χ2n) is 6.96. The molecule has 0 saturated carbocycles. The summed E-state index contributed by atoms with van der Waals surface area (Å²) in [4.78, 5) is 30.1. The average molecular weight is 370 g/mol. The normalized spacial score (nSPS) is 16.3. The van der Waals surface area contributed by atoms with E-state index in [-0.39, 0.29) is 12.6 Å². The lowest BCUT2D eigenvalue weighted by molar-refractivity contribution is -0.108. The van der Waals surface area contributed by atoms with Gasteiger partial charge in [-0.3, -0.25) is 9.88 Å². The van der Waals surface area contributed by atoms with Crippen LogP contribution in [0.25, 0.3) is 10.9 Å². The third-order valence-electron chi connectivity index (χ3n) is 5.40. The van der Waals surface area contributed by atoms with Gasteiger partial charge in [-0.25, -0.2) is 4.79 Å². The van der Waals surface area contributed by atoms with E-state index >= 15 is 0 Å². The standard InChI is InChI=1S/C20H26N4O3/c1-21-19(14-24(10-11-25)20(26)27)15-6-8-23(9-7-15)17-12-16-4-2-3-5-18(16)22-13-17/h2-5,11-13,15,19,21H,6-10,14H2,1H3,(H,26,27). The third kappa shape index (κ3) is 4.54. The van der Waals surface area contributed by atoms with Gasteiger partial charge in [0.05, 0.1) is 23.9 Å². The first-order chi connectivity index (χ1) is 13.1. The number of hydrogen-bond acceptors (Lipinski definition) is 5. The van der Waals surface area contributed by atoms with Crippen LogP contribution in [0, 0.1) is 5.92 Å². The summed E-state index contributed by atoms with van der Waals surface area (Å²) in [6.07, 6.45) is 3.44. The molecule has 0 aliphatic carbocycles. The number of carboxylic acid groups (broad SMARTS) is 1. The number of para-hydroxylation sites is 1. The van der Waals surface area contributed by atoms with Gasteiger partial charge in [-0.15, -0.1) is 0 Å². The summed E-state index contributed by atoms with van der Waals surface area (Å²) in [6, 6.07) is 10.3. The molecular weight excluding hydrogens is 344 g/mol. The number of anilines is 1. The van der Waals surface area contributed by atoms with Gasteiger partial charge in [0.1, 0.15) is 6.29 Å². The smallest absolute Gasteiger partial charge is 0.407 e. The second-order valence-corrected chi connectivity index (χ2v) is 6.96. The van der Waals surface area contributed by atoms with E-state index in [4.69, 9.17) is 0 Å². The van der Waals surface area contributed by atoms with Crippen LogP contribution >= 0.6 is 0 Å². The summed E-state index contributed by atoms with van der Waals surface area (Å²) >= 11 is 0. The van der Waals surface area contributed by atoms with E-state index in [0.717, 1.165) is 42.5 Å². The van der Waals surface area contributed by atoms with Crippen LogP contribution in [-0.2, 0) is 4.79 Å². The first-order valence-corrected chi connectivity index (χ1v) is 9.31. The molecule has 1 aliphatic rings. The van der Waals surface area contributed by atoms with Gasteiger partial charge < -0.3 is 20.1 Å². The van der Waals surface area contributed by atoms with E-state index in [0.29, 0.717) is 18.7 Å². The number of piperidine rings is 1. The van der Waals surface area contributed by atoms with Crippen LogP contribution in [0.1, 0.15) is 12.8 Å². The molecule has 1 atom stereocenters. The molecule has 2 aromatic rings. The first kappa shape index (κ1) is 19.1. The molecule has 7 heteroatoms. The zero-order chi connectivity index (χ0) is 19.2. The minimum Gasteiger partial charge on any atom is -0.465 e. The molecule has 1 unspecified atom stereocenters. The zero-order valence-electron chi connectivity index (χ0n) is 15.5. The van der Waals surface area contributed by atoms with Crippen LogP contribution < -0.4 is 10.2 Å². The molecule has 27 heavy (non-hydrogen) atoms. The molecule has 0 bridgehead atoms. The van der Waals surface area contributed by atoms with E-state index in [1.165, 1.54) is 4.90 Å². The van der Waals surface area contributed by atoms with Crippen LogP contribution in [-0.4, -0.2) is 66.6 Å². The summed E-state index contributed by atoms with van der Waals surface area (Å²) in [5, 5.41) is 13.6. The number of carbonyl (C=O) groups excluding carboxylic acids is 1. The van der Waals surface area contributed by atoms with Gasteiger partial charge in [-0.1, -0.05) is 18.2 Å². The van der Waals surface area contributed by atoms with Gasteiger partial charge in [0, 0.05) is 31.1 Å². The van der Waals surface area contributed by atoms with Crippen molar-refractivity contribution in [3.05, 3.63) is 36.5 Å². The minimum atomic E-state index is -1.05. The number of carbonyl (C=O) groups is 2. The molecule has 7 nitrogen and oxygen atoms in total. The highest BCUT2D eigenvalue weighted by molar-refractivity contribution is 5.81. The molecule has 3 rings (SSSR count). The van der Waals surface area contributed by atoms with Crippen molar-refractivity contribution in [3.8, 4) is 0 Å². The summed E-state index contributed by atoms with van der Waals surface area (Å²) < 4.78 is 0. The van der Waals surface area contributed by atoms with Crippen molar-refractivity contribution < 1.29 is 14.7 Å². The number of pyridine rings is 1. The molecule has 1 aromatic heterocycles. The lowest BCUT2D eigenvalue weighted by atomic mass is 9.89. The highest BCUT2D eigenvalue weighted by Gasteiger charge is 2.28. The van der Waals surface area contributed by atoms with Crippen molar-refractivity contribution in [2.24, 2.45) is 5.92 Å². The maximum absolute atomic E-state index is 11.3. The van der Waals surface area contributed by atoms with Crippen molar-refractivity contribution in [2.45, 2.75) is 18.9 Å². The molecule has 1 saturated heterocycles. The number of fused-ring (bicyclic) bond motifs is 1. The lowest BCUT2D eigenvalue weighted by Crippen LogP contribution is -2.49. The van der Waals surface area contributed by atoms with Crippen molar-refractivity contribution >= 4 is 29.0 Å². The van der Waals surface area contributed by atoms with Gasteiger partial charge in [0.15, 0.2) is 0 Å². The van der Waals surface area contributed by atoms with Gasteiger partial charge in [-0.2, -0.15) is 0 Å². The maximum atomic E-state index is 11.3. The summed E-state index contributed by atoms with van der Waals surface area (Å²) in [5.41, 5.74) is 2.12. The maximum Gasteiger partial charge on any atom is 0.407 e. The number of rotatable bonds is 7. The number of nitrogens with zero attached hydrogens (tertiary/aromatic N) is 3. The van der Waals surface area contributed by atoms with Crippen molar-refractivity contribution in [1.82, 2.24) is 15.2 Å². The van der Waals surface area contributed by atoms with E-state index in [9.17, 15) is 14.7 Å². The molecule has 1 amide bonds. The Labute approximate surface area is 159 Å². The predicted molar refractivity (Wildman–Crippen MR) is 105 cm³/mol. The molecule has 1 aromatic carbocycles. The van der Waals surface area contributed by atoms with Crippen LogP contribution in [0.15, 0.2) is 36.5 Å². The number of benzene rings is 1. The fourth-order valence-electron chi connectivity index (χ4n) is 3.83. The number of aldehydes is 1. The van der Waals surface area contributed by atoms with Crippen LogP contribution in [0.5, 0.6) is 0 Å². The van der Waals surface area contributed by atoms with E-state index in [1.807, 2.05) is 31.4 Å². The minimum absolute atomic E-state index is 0.0397. The summed E-state index contributed by atoms with van der Waals surface area (Å²) in [7, 11) is 1.85. The van der Waals surface area contributed by atoms with Crippen LogP contribution in [0.3, 0.4) is 0 Å². The number of nitrogens with one attached hydrogen (secondary N) is 1. The quantitative estimate of drug-likeness (QED) is 0.727. The molecule has 1 fully saturated rings. The Balaban J connectivity index is 1.62. The Morgan fingerprint density at radius 2 is 2.15 bits per heavy atom. The van der Waals surface area contributed by atoms with E-state index in [2.05, 4.69) is 27.3 Å². The number of amides is 1. The molecular formula is C20H26N4O3. The van der Waals surface area contributed by atoms with E-state index in [1.54, 1.807) is 0 Å². The monoisotopic (exact) mass is 370 g/mol. The Hall–Kier alpha value is -2.67. The predicted octanol–water partition coefficient (Wildman–Crippen LogP) is 2.22. The SMILES string of the molecule is CNC(CN(CC=O)C(=O)O)C1CCN(c2cnc3ccccc3c2)CC1. The van der Waals surface area contributed by atoms with E-state index < -0.39 is 6.09 Å². The van der Waals surface area contributed by atoms with Gasteiger partial charge in [-0.05, 0) is 37.9 Å². The molecule has 144 valence electrons. The van der Waals surface area contributed by atoms with Crippen molar-refractivity contribution in [1.29, 1.82) is 0 Å². The zero-order valence-corrected chi connectivity index (χ0v) is 15.5. The fraction of sp³-hybridized carbons (Fsp3) is 0.450. The molecule has 0 radical (unpaired) electrons. The number of aromatic nitrogens is 1. The first-order valence-electron chi connectivity index (χ1n) is 9.31. The van der Waals surface area contributed by atoms with Crippen LogP contribution in [0.4, 0.5) is 10.5 Å². The largest absolute Gasteiger partial charge is 0.465 e. The van der Waals surface area contributed by atoms with Gasteiger partial charge >= 0.3 is 6.09 Å². The average Bonchev–Trinajstić information content (AvgIpc) is 2.71.